The van der Waals surface area contributed by atoms with E-state index in [9.17, 15) is 4.79 Å². The van der Waals surface area contributed by atoms with Gasteiger partial charge in [-0.25, -0.2) is 0 Å². The Bertz CT molecular complexity index is 515. The van der Waals surface area contributed by atoms with E-state index in [0.717, 1.165) is 12.2 Å². The summed E-state index contributed by atoms with van der Waals surface area (Å²) in [7, 11) is 0. The molecular formula is C12H14N2OS. The molecule has 0 bridgehead atoms. The number of thiazole rings is 1. The monoisotopic (exact) mass is 234 g/mol. The fourth-order valence-electron chi connectivity index (χ4n) is 1.54. The maximum atomic E-state index is 10.9. The highest BCUT2D eigenvalue weighted by Crippen LogP contribution is 2.06. The second-order valence-electron chi connectivity index (χ2n) is 3.70. The molecule has 1 aromatic heterocycles. The first-order valence-electron chi connectivity index (χ1n) is 5.17. The fraction of sp³-hybridized carbons (Fsp3) is 0.250. The predicted molar refractivity (Wildman–Crippen MR) is 66.7 cm³/mol. The summed E-state index contributed by atoms with van der Waals surface area (Å²) in [6, 6.07) is 8.29. The van der Waals surface area contributed by atoms with Gasteiger partial charge in [-0.2, -0.15) is 0 Å². The number of H-pyrrole nitrogens is 1. The van der Waals surface area contributed by atoms with Crippen LogP contribution in [0.5, 0.6) is 0 Å². The minimum absolute atomic E-state index is 0.00712. The number of aromatic nitrogens is 1. The van der Waals surface area contributed by atoms with E-state index in [1.54, 1.807) is 0 Å². The molecule has 3 nitrogen and oxygen atoms in total. The van der Waals surface area contributed by atoms with Gasteiger partial charge in [-0.15, -0.1) is 0 Å². The fourth-order valence-corrected chi connectivity index (χ4v) is 2.12. The molecule has 2 rings (SSSR count). The van der Waals surface area contributed by atoms with Gasteiger partial charge in [-0.05, 0) is 18.1 Å². The number of rotatable bonds is 4. The van der Waals surface area contributed by atoms with Crippen molar-refractivity contribution in [3.8, 4) is 0 Å². The summed E-state index contributed by atoms with van der Waals surface area (Å²) in [5, 5.41) is 5.16. The standard InChI is InChI=1S/C12H14N2OS/c1-9-4-2-3-5-10(9)6-13-7-11-8-16-12(15)14-11/h2-5,8,13H,6-7H2,1H3,(H,14,15). The molecular weight excluding hydrogens is 220 g/mol. The second kappa shape index (κ2) is 5.09. The van der Waals surface area contributed by atoms with Crippen LogP contribution in [0.15, 0.2) is 34.4 Å². The molecule has 0 fully saturated rings. The predicted octanol–water partition coefficient (Wildman–Crippen LogP) is 2.03. The van der Waals surface area contributed by atoms with Gasteiger partial charge in [-0.1, -0.05) is 35.6 Å². The molecule has 0 radical (unpaired) electrons. The van der Waals surface area contributed by atoms with Crippen molar-refractivity contribution in [3.63, 3.8) is 0 Å². The molecule has 2 aromatic rings. The molecule has 0 saturated carbocycles. The highest BCUT2D eigenvalue weighted by atomic mass is 32.1. The molecule has 1 heterocycles. The summed E-state index contributed by atoms with van der Waals surface area (Å²) < 4.78 is 0. The molecule has 0 amide bonds. The first-order chi connectivity index (χ1) is 7.75. The van der Waals surface area contributed by atoms with Crippen LogP contribution in [-0.4, -0.2) is 4.98 Å². The van der Waals surface area contributed by atoms with Gasteiger partial charge >= 0.3 is 4.87 Å². The van der Waals surface area contributed by atoms with Crippen molar-refractivity contribution in [2.45, 2.75) is 20.0 Å². The Balaban J connectivity index is 1.89. The maximum Gasteiger partial charge on any atom is 0.304 e. The average molecular weight is 234 g/mol. The van der Waals surface area contributed by atoms with Gasteiger partial charge in [0.25, 0.3) is 0 Å². The van der Waals surface area contributed by atoms with Gasteiger partial charge in [0.1, 0.15) is 0 Å². The van der Waals surface area contributed by atoms with E-state index in [1.165, 1.54) is 22.5 Å². The minimum Gasteiger partial charge on any atom is -0.315 e. The van der Waals surface area contributed by atoms with Crippen LogP contribution in [-0.2, 0) is 13.1 Å². The van der Waals surface area contributed by atoms with Gasteiger partial charge in [-0.3, -0.25) is 4.79 Å². The van der Waals surface area contributed by atoms with E-state index < -0.39 is 0 Å². The molecule has 16 heavy (non-hydrogen) atoms. The number of nitrogens with one attached hydrogen (secondary N) is 2. The van der Waals surface area contributed by atoms with Gasteiger partial charge < -0.3 is 10.3 Å². The third kappa shape index (κ3) is 2.81. The highest BCUT2D eigenvalue weighted by molar-refractivity contribution is 7.07. The van der Waals surface area contributed by atoms with E-state index in [-0.39, 0.29) is 4.87 Å². The molecule has 0 aliphatic heterocycles. The van der Waals surface area contributed by atoms with Gasteiger partial charge in [0, 0.05) is 24.2 Å². The average Bonchev–Trinajstić information content (AvgIpc) is 2.67. The topological polar surface area (TPSA) is 44.9 Å². The lowest BCUT2D eigenvalue weighted by molar-refractivity contribution is 0.679. The van der Waals surface area contributed by atoms with E-state index in [1.807, 2.05) is 17.5 Å². The van der Waals surface area contributed by atoms with E-state index >= 15 is 0 Å². The normalized spacial score (nSPS) is 10.6. The van der Waals surface area contributed by atoms with Gasteiger partial charge in [0.2, 0.25) is 0 Å². The SMILES string of the molecule is Cc1ccccc1CNCc1csc(=O)[nH]1. The molecule has 0 atom stereocenters. The van der Waals surface area contributed by atoms with Crippen molar-refractivity contribution in [1.82, 2.24) is 10.3 Å². The van der Waals surface area contributed by atoms with Crippen LogP contribution >= 0.6 is 11.3 Å². The Morgan fingerprint density at radius 2 is 2.12 bits per heavy atom. The Hall–Kier alpha value is -1.39. The summed E-state index contributed by atoms with van der Waals surface area (Å²) in [4.78, 5) is 13.7. The van der Waals surface area contributed by atoms with Crippen molar-refractivity contribution < 1.29 is 0 Å². The molecule has 0 unspecified atom stereocenters. The van der Waals surface area contributed by atoms with Crippen LogP contribution in [0.1, 0.15) is 16.8 Å². The zero-order chi connectivity index (χ0) is 11.4. The number of hydrogen-bond donors (Lipinski definition) is 2. The first kappa shape index (κ1) is 11.1. The van der Waals surface area contributed by atoms with Crippen LogP contribution in [0.4, 0.5) is 0 Å². The Morgan fingerprint density at radius 3 is 2.81 bits per heavy atom. The lowest BCUT2D eigenvalue weighted by atomic mass is 10.1. The first-order valence-corrected chi connectivity index (χ1v) is 6.05. The highest BCUT2D eigenvalue weighted by Gasteiger charge is 1.98. The van der Waals surface area contributed by atoms with Crippen LogP contribution in [0.3, 0.4) is 0 Å². The van der Waals surface area contributed by atoms with Gasteiger partial charge in [0.05, 0.1) is 0 Å². The molecule has 84 valence electrons. The molecule has 0 saturated heterocycles. The molecule has 1 aromatic carbocycles. The third-order valence-corrected chi connectivity index (χ3v) is 3.18. The molecule has 0 aliphatic carbocycles. The summed E-state index contributed by atoms with van der Waals surface area (Å²) >= 11 is 1.20. The maximum absolute atomic E-state index is 10.9. The van der Waals surface area contributed by atoms with E-state index in [2.05, 4.69) is 29.4 Å². The van der Waals surface area contributed by atoms with Crippen LogP contribution in [0.2, 0.25) is 0 Å². The lowest BCUT2D eigenvalue weighted by Crippen LogP contribution is -2.14. The second-order valence-corrected chi connectivity index (χ2v) is 4.55. The van der Waals surface area contributed by atoms with Crippen molar-refractivity contribution in [2.24, 2.45) is 0 Å². The third-order valence-electron chi connectivity index (χ3n) is 2.46. The van der Waals surface area contributed by atoms with Crippen molar-refractivity contribution in [3.05, 3.63) is 56.1 Å². The quantitative estimate of drug-likeness (QED) is 0.850. The van der Waals surface area contributed by atoms with Crippen molar-refractivity contribution in [2.75, 3.05) is 0 Å². The number of aromatic amines is 1. The Kier molecular flexibility index (Phi) is 3.54. The molecule has 2 N–H and O–H groups in total. The number of aryl methyl sites for hydroxylation is 1. The zero-order valence-electron chi connectivity index (χ0n) is 9.12. The van der Waals surface area contributed by atoms with Gasteiger partial charge in [0.15, 0.2) is 0 Å². The summed E-state index contributed by atoms with van der Waals surface area (Å²) in [5.74, 6) is 0. The Labute approximate surface area is 98.2 Å². The zero-order valence-corrected chi connectivity index (χ0v) is 9.93. The molecule has 0 aliphatic rings. The number of hydrogen-bond acceptors (Lipinski definition) is 3. The summed E-state index contributed by atoms with van der Waals surface area (Å²) in [5.41, 5.74) is 3.53. The smallest absolute Gasteiger partial charge is 0.304 e. The summed E-state index contributed by atoms with van der Waals surface area (Å²) in [6.07, 6.45) is 0. The van der Waals surface area contributed by atoms with E-state index in [0.29, 0.717) is 6.54 Å². The lowest BCUT2D eigenvalue weighted by Gasteiger charge is -2.06. The largest absolute Gasteiger partial charge is 0.315 e. The van der Waals surface area contributed by atoms with Crippen molar-refractivity contribution in [1.29, 1.82) is 0 Å². The number of benzene rings is 1. The minimum atomic E-state index is 0.00712. The van der Waals surface area contributed by atoms with Crippen LogP contribution in [0.25, 0.3) is 0 Å². The summed E-state index contributed by atoms with van der Waals surface area (Å²) in [6.45, 7) is 3.63. The molecule has 4 heteroatoms. The van der Waals surface area contributed by atoms with Crippen LogP contribution < -0.4 is 10.2 Å². The Morgan fingerprint density at radius 1 is 1.31 bits per heavy atom. The van der Waals surface area contributed by atoms with E-state index in [4.69, 9.17) is 0 Å². The molecule has 0 spiro atoms. The van der Waals surface area contributed by atoms with Crippen molar-refractivity contribution >= 4 is 11.3 Å². The van der Waals surface area contributed by atoms with Crippen LogP contribution in [0, 0.1) is 6.92 Å².